The lowest BCUT2D eigenvalue weighted by atomic mass is 9.98. The normalized spacial score (nSPS) is 13.0. The fraction of sp³-hybridized carbons (Fsp3) is 0.233. The van der Waals surface area contributed by atoms with Crippen molar-refractivity contribution in [2.75, 3.05) is 6.54 Å². The van der Waals surface area contributed by atoms with Gasteiger partial charge in [0.25, 0.3) is 0 Å². The molecule has 0 spiro atoms. The van der Waals surface area contributed by atoms with E-state index in [-0.39, 0.29) is 17.6 Å². The van der Waals surface area contributed by atoms with Crippen LogP contribution < -0.4 is 10.3 Å². The van der Waals surface area contributed by atoms with Crippen LogP contribution in [0, 0.1) is 5.82 Å². The van der Waals surface area contributed by atoms with E-state index in [1.807, 2.05) is 25.3 Å². The van der Waals surface area contributed by atoms with Gasteiger partial charge in [-0.05, 0) is 49.6 Å². The number of carbonyl (C=O) groups excluding carboxylic acids is 1. The maximum Gasteiger partial charge on any atom is 0.250 e. The number of aromatic nitrogens is 5. The number of amides is 1. The van der Waals surface area contributed by atoms with Gasteiger partial charge in [-0.2, -0.15) is 0 Å². The van der Waals surface area contributed by atoms with Gasteiger partial charge in [-0.1, -0.05) is 6.58 Å². The first-order chi connectivity index (χ1) is 19.7. The van der Waals surface area contributed by atoms with Gasteiger partial charge < -0.3 is 14.2 Å². The summed E-state index contributed by atoms with van der Waals surface area (Å²) >= 11 is 1.52. The predicted molar refractivity (Wildman–Crippen MR) is 156 cm³/mol. The molecule has 0 N–H and O–H groups in total. The molecule has 0 saturated heterocycles. The van der Waals surface area contributed by atoms with Crippen LogP contribution >= 0.6 is 11.3 Å². The molecule has 1 aromatic carbocycles. The van der Waals surface area contributed by atoms with Crippen LogP contribution in [-0.2, 0) is 24.9 Å². The molecule has 5 aromatic rings. The van der Waals surface area contributed by atoms with E-state index in [0.717, 1.165) is 21.2 Å². The van der Waals surface area contributed by atoms with Gasteiger partial charge in [-0.25, -0.2) is 19.0 Å². The smallest absolute Gasteiger partial charge is 0.250 e. The van der Waals surface area contributed by atoms with E-state index >= 15 is 0 Å². The topological polar surface area (TPSA) is 95.1 Å². The van der Waals surface area contributed by atoms with Crippen LogP contribution in [0.2, 0.25) is 0 Å². The third-order valence-corrected chi connectivity index (χ3v) is 7.84. The van der Waals surface area contributed by atoms with Crippen LogP contribution in [0.1, 0.15) is 19.7 Å². The molecule has 1 amide bonds. The molecule has 0 bridgehead atoms. The maximum absolute atomic E-state index is 14.4. The van der Waals surface area contributed by atoms with Crippen LogP contribution in [0.15, 0.2) is 65.4 Å². The molecule has 0 saturated carbocycles. The first-order valence-electron chi connectivity index (χ1n) is 13.1. The Balaban J connectivity index is 1.63. The summed E-state index contributed by atoms with van der Waals surface area (Å²) in [5.41, 5.74) is 3.18. The van der Waals surface area contributed by atoms with E-state index in [9.17, 15) is 14.0 Å². The molecule has 4 aromatic heterocycles. The van der Waals surface area contributed by atoms with Gasteiger partial charge in [0.15, 0.2) is 0 Å². The van der Waals surface area contributed by atoms with Crippen molar-refractivity contribution in [3.05, 3.63) is 82.6 Å². The zero-order chi connectivity index (χ0) is 28.8. The molecule has 0 aliphatic carbocycles. The largest absolute Gasteiger partial charge is 0.490 e. The van der Waals surface area contributed by atoms with E-state index < -0.39 is 5.82 Å². The number of ether oxygens (including phenoxy) is 1. The van der Waals surface area contributed by atoms with Gasteiger partial charge in [0.05, 0.1) is 24.9 Å². The van der Waals surface area contributed by atoms with E-state index in [1.165, 1.54) is 40.2 Å². The second kappa shape index (κ2) is 10.4. The lowest BCUT2D eigenvalue weighted by molar-refractivity contribution is -0.127. The molecule has 1 aliphatic rings. The van der Waals surface area contributed by atoms with Gasteiger partial charge in [-0.15, -0.1) is 16.4 Å². The Labute approximate surface area is 239 Å². The zero-order valence-corrected chi connectivity index (χ0v) is 23.6. The number of aryl methyl sites for hydroxylation is 1. The molecule has 9 nitrogen and oxygen atoms in total. The Hall–Kier alpha value is -4.64. The van der Waals surface area contributed by atoms with Crippen LogP contribution in [0.4, 0.5) is 4.39 Å². The molecule has 0 fully saturated rings. The van der Waals surface area contributed by atoms with Crippen molar-refractivity contribution in [1.82, 2.24) is 29.2 Å². The highest BCUT2D eigenvalue weighted by molar-refractivity contribution is 7.18. The Morgan fingerprint density at radius 3 is 2.73 bits per heavy atom. The summed E-state index contributed by atoms with van der Waals surface area (Å²) in [7, 11) is 1.70. The number of halogens is 1. The lowest BCUT2D eigenvalue weighted by Crippen LogP contribution is -2.37. The molecule has 208 valence electrons. The van der Waals surface area contributed by atoms with Crippen molar-refractivity contribution in [2.45, 2.75) is 33.0 Å². The fourth-order valence-electron chi connectivity index (χ4n) is 5.00. The Morgan fingerprint density at radius 1 is 1.15 bits per heavy atom. The summed E-state index contributed by atoms with van der Waals surface area (Å²) in [6.45, 7) is 8.62. The number of hydrogen-bond donors (Lipinski definition) is 0. The summed E-state index contributed by atoms with van der Waals surface area (Å²) < 4.78 is 24.7. The number of carbonyl (C=O) groups is 1. The molecule has 0 unspecified atom stereocenters. The minimum Gasteiger partial charge on any atom is -0.490 e. The highest BCUT2D eigenvalue weighted by atomic mass is 32.1. The summed E-state index contributed by atoms with van der Waals surface area (Å²) in [6.07, 6.45) is 2.85. The quantitative estimate of drug-likeness (QED) is 0.266. The maximum atomic E-state index is 14.4. The number of benzene rings is 1. The van der Waals surface area contributed by atoms with E-state index in [0.29, 0.717) is 54.0 Å². The van der Waals surface area contributed by atoms with E-state index in [4.69, 9.17) is 19.8 Å². The van der Waals surface area contributed by atoms with Gasteiger partial charge in [-0.3, -0.25) is 9.59 Å². The summed E-state index contributed by atoms with van der Waals surface area (Å²) in [4.78, 5) is 36.1. The molecule has 1 aliphatic heterocycles. The second-order valence-electron chi connectivity index (χ2n) is 10.1. The van der Waals surface area contributed by atoms with Crippen LogP contribution in [-0.4, -0.2) is 47.8 Å². The lowest BCUT2D eigenvalue weighted by Gasteiger charge is -2.25. The fourth-order valence-corrected chi connectivity index (χ4v) is 5.95. The molecular formula is C30H27FN6O3S. The van der Waals surface area contributed by atoms with Crippen molar-refractivity contribution < 1.29 is 13.9 Å². The summed E-state index contributed by atoms with van der Waals surface area (Å²) in [5.74, 6) is 0.814. The first kappa shape index (κ1) is 26.6. The van der Waals surface area contributed by atoms with Crippen LogP contribution in [0.25, 0.3) is 44.0 Å². The molecule has 5 heterocycles. The van der Waals surface area contributed by atoms with Gasteiger partial charge in [0.2, 0.25) is 17.3 Å². The van der Waals surface area contributed by atoms with Crippen LogP contribution in [0.5, 0.6) is 5.75 Å². The highest BCUT2D eigenvalue weighted by Gasteiger charge is 2.28. The van der Waals surface area contributed by atoms with Crippen molar-refractivity contribution >= 4 is 27.3 Å². The summed E-state index contributed by atoms with van der Waals surface area (Å²) in [6, 6.07) is 9.72. The third-order valence-electron chi connectivity index (χ3n) is 6.90. The molecule has 11 heteroatoms. The minimum atomic E-state index is -0.411. The molecule has 41 heavy (non-hydrogen) atoms. The average Bonchev–Trinajstić information content (AvgIpc) is 3.60. The second-order valence-corrected chi connectivity index (χ2v) is 11.0. The van der Waals surface area contributed by atoms with Crippen molar-refractivity contribution in [3.63, 3.8) is 0 Å². The number of hydrogen-bond acceptors (Lipinski definition) is 7. The number of nitrogens with zero attached hydrogens (tertiary/aromatic N) is 6. The molecule has 0 atom stereocenters. The molecule has 0 radical (unpaired) electrons. The number of pyridine rings is 2. The van der Waals surface area contributed by atoms with E-state index in [2.05, 4.69) is 6.58 Å². The Morgan fingerprint density at radius 2 is 1.98 bits per heavy atom. The molecule has 6 rings (SSSR count). The Bertz CT molecular complexity index is 1890. The van der Waals surface area contributed by atoms with Crippen molar-refractivity contribution in [1.29, 1.82) is 0 Å². The monoisotopic (exact) mass is 570 g/mol. The first-order valence-corrected chi connectivity index (χ1v) is 14.0. The zero-order valence-electron chi connectivity index (χ0n) is 22.8. The van der Waals surface area contributed by atoms with Crippen molar-refractivity contribution in [3.8, 4) is 39.7 Å². The standard InChI is InChI=1S/C30H27FN6O3S/c1-5-24(38)36-11-12-37-23(16-36)32-30(34-37)28-26(20-8-7-19(31)14-22(20)40-17(2)3)29-21(10-13-41-29)27(33-28)18-6-9-25(39)35(4)15-18/h5-10,13-15,17H,1,11-12,16H2,2-4H3. The number of fused-ring (bicyclic) bond motifs is 2. The third kappa shape index (κ3) is 4.82. The highest BCUT2D eigenvalue weighted by Crippen LogP contribution is 2.45. The Kier molecular flexibility index (Phi) is 6.74. The van der Waals surface area contributed by atoms with E-state index in [1.54, 1.807) is 35.0 Å². The average molecular weight is 571 g/mol. The van der Waals surface area contributed by atoms with Gasteiger partial charge in [0.1, 0.15) is 23.1 Å². The minimum absolute atomic E-state index is 0.129. The van der Waals surface area contributed by atoms with Gasteiger partial charge in [0, 0.05) is 58.7 Å². The SMILES string of the molecule is C=CC(=O)N1CCn2nc(-c3nc(-c4ccc(=O)n(C)c4)c4ccsc4c3-c3ccc(F)cc3OC(C)C)nc2C1. The van der Waals surface area contributed by atoms with Crippen LogP contribution in [0.3, 0.4) is 0 Å². The van der Waals surface area contributed by atoms with Gasteiger partial charge >= 0.3 is 0 Å². The summed E-state index contributed by atoms with van der Waals surface area (Å²) in [5, 5.41) is 7.65. The molecular weight excluding hydrogens is 543 g/mol. The number of rotatable bonds is 6. The number of thiophene rings is 1. The predicted octanol–water partition coefficient (Wildman–Crippen LogP) is 5.04. The van der Waals surface area contributed by atoms with Crippen molar-refractivity contribution in [2.24, 2.45) is 7.05 Å².